The maximum Gasteiger partial charge on any atom is 0.0833 e. The lowest BCUT2D eigenvalue weighted by atomic mass is 9.74. The minimum Gasteiger partial charge on any atom is -0.302 e. The van der Waals surface area contributed by atoms with Gasteiger partial charge in [-0.25, -0.2) is 5.43 Å². The highest BCUT2D eigenvalue weighted by molar-refractivity contribution is 5.14. The molecule has 0 amide bonds. The van der Waals surface area contributed by atoms with Gasteiger partial charge in [-0.1, -0.05) is 19.3 Å². The van der Waals surface area contributed by atoms with Crippen LogP contribution in [0.5, 0.6) is 0 Å². The van der Waals surface area contributed by atoms with Crippen molar-refractivity contribution in [3.05, 3.63) is 18.0 Å². The third kappa shape index (κ3) is 2.30. The number of aromatic nitrogens is 2. The first-order valence-corrected chi connectivity index (χ1v) is 6.73. The zero-order valence-electron chi connectivity index (χ0n) is 11.7. The number of rotatable bonds is 4. The van der Waals surface area contributed by atoms with E-state index in [1.807, 2.05) is 17.9 Å². The van der Waals surface area contributed by atoms with Crippen LogP contribution in [0.15, 0.2) is 12.3 Å². The van der Waals surface area contributed by atoms with Crippen molar-refractivity contribution < 1.29 is 0 Å². The van der Waals surface area contributed by atoms with E-state index in [1.165, 1.54) is 32.1 Å². The van der Waals surface area contributed by atoms with E-state index < -0.39 is 0 Å². The zero-order chi connectivity index (χ0) is 13.2. The second-order valence-electron chi connectivity index (χ2n) is 5.57. The molecule has 102 valence electrons. The highest BCUT2D eigenvalue weighted by Crippen LogP contribution is 2.41. The molecule has 5 nitrogen and oxygen atoms in total. The summed E-state index contributed by atoms with van der Waals surface area (Å²) in [6, 6.07) is 2.15. The van der Waals surface area contributed by atoms with Gasteiger partial charge < -0.3 is 4.90 Å². The van der Waals surface area contributed by atoms with Gasteiger partial charge >= 0.3 is 0 Å². The van der Waals surface area contributed by atoms with Crippen LogP contribution in [0.25, 0.3) is 0 Å². The highest BCUT2D eigenvalue weighted by Gasteiger charge is 2.43. The molecule has 1 atom stereocenters. The van der Waals surface area contributed by atoms with Crippen molar-refractivity contribution in [2.45, 2.75) is 43.7 Å². The first-order chi connectivity index (χ1) is 8.60. The Kier molecular flexibility index (Phi) is 4.04. The van der Waals surface area contributed by atoms with Crippen LogP contribution < -0.4 is 11.3 Å². The van der Waals surface area contributed by atoms with Gasteiger partial charge in [0.05, 0.1) is 11.7 Å². The summed E-state index contributed by atoms with van der Waals surface area (Å²) in [4.78, 5) is 2.32. The molecule has 0 bridgehead atoms. The molecule has 18 heavy (non-hydrogen) atoms. The van der Waals surface area contributed by atoms with Crippen LogP contribution in [0, 0.1) is 0 Å². The lowest BCUT2D eigenvalue weighted by Crippen LogP contribution is -2.56. The van der Waals surface area contributed by atoms with Gasteiger partial charge in [-0.3, -0.25) is 10.5 Å². The van der Waals surface area contributed by atoms with Gasteiger partial charge in [0.25, 0.3) is 0 Å². The molecular formula is C13H25N5. The van der Waals surface area contributed by atoms with Crippen molar-refractivity contribution in [2.24, 2.45) is 12.9 Å². The molecule has 0 aromatic carbocycles. The maximum absolute atomic E-state index is 5.84. The lowest BCUT2D eigenvalue weighted by molar-refractivity contribution is 0.0546. The topological polar surface area (TPSA) is 59.1 Å². The molecule has 1 aromatic rings. The standard InChI is InChI=1S/C13H25N5/c1-17(2)13(8-5-4-6-9-13)12(15-14)11-7-10-18(3)16-11/h7,10,12,15H,4-6,8-9,14H2,1-3H3. The number of nitrogens with zero attached hydrogens (tertiary/aromatic N) is 3. The third-order valence-corrected chi connectivity index (χ3v) is 4.34. The molecule has 1 aromatic heterocycles. The Morgan fingerprint density at radius 1 is 1.39 bits per heavy atom. The first-order valence-electron chi connectivity index (χ1n) is 6.73. The van der Waals surface area contributed by atoms with Crippen molar-refractivity contribution in [2.75, 3.05) is 14.1 Å². The van der Waals surface area contributed by atoms with Crippen LogP contribution in [-0.2, 0) is 7.05 Å². The van der Waals surface area contributed by atoms with Crippen molar-refractivity contribution >= 4 is 0 Å². The third-order valence-electron chi connectivity index (χ3n) is 4.34. The van der Waals surface area contributed by atoms with Crippen molar-refractivity contribution in [1.29, 1.82) is 0 Å². The van der Waals surface area contributed by atoms with Crippen LogP contribution in [0.2, 0.25) is 0 Å². The zero-order valence-corrected chi connectivity index (χ0v) is 11.7. The Hall–Kier alpha value is -0.910. The average molecular weight is 251 g/mol. The van der Waals surface area contributed by atoms with Crippen LogP contribution in [0.4, 0.5) is 0 Å². The molecule has 5 heteroatoms. The van der Waals surface area contributed by atoms with Crippen LogP contribution in [0.1, 0.15) is 43.8 Å². The molecule has 0 spiro atoms. The van der Waals surface area contributed by atoms with E-state index in [-0.39, 0.29) is 11.6 Å². The molecule has 1 heterocycles. The summed E-state index contributed by atoms with van der Waals surface area (Å²) in [7, 11) is 6.25. The minimum absolute atomic E-state index is 0.0847. The molecule has 0 saturated heterocycles. The van der Waals surface area contributed by atoms with Gasteiger partial charge in [0.15, 0.2) is 0 Å². The Balaban J connectivity index is 2.32. The largest absolute Gasteiger partial charge is 0.302 e. The lowest BCUT2D eigenvalue weighted by Gasteiger charge is -2.47. The number of hydrogen-bond donors (Lipinski definition) is 2. The van der Waals surface area contributed by atoms with E-state index in [4.69, 9.17) is 5.84 Å². The Bertz CT molecular complexity index is 378. The summed E-state index contributed by atoms with van der Waals surface area (Å²) in [5.41, 5.74) is 4.13. The van der Waals surface area contributed by atoms with Gasteiger partial charge in [0.2, 0.25) is 0 Å². The maximum atomic E-state index is 5.84. The van der Waals surface area contributed by atoms with Crippen LogP contribution >= 0.6 is 0 Å². The molecule has 0 aliphatic heterocycles. The van der Waals surface area contributed by atoms with Crippen molar-refractivity contribution in [3.63, 3.8) is 0 Å². The summed E-state index contributed by atoms with van der Waals surface area (Å²) in [5.74, 6) is 5.84. The highest BCUT2D eigenvalue weighted by atomic mass is 15.3. The second-order valence-corrected chi connectivity index (χ2v) is 5.57. The summed E-state index contributed by atoms with van der Waals surface area (Å²) < 4.78 is 1.84. The van der Waals surface area contributed by atoms with Crippen molar-refractivity contribution in [1.82, 2.24) is 20.1 Å². The quantitative estimate of drug-likeness (QED) is 0.623. The average Bonchev–Trinajstić information content (AvgIpc) is 2.77. The number of aryl methyl sites for hydroxylation is 1. The molecule has 0 radical (unpaired) electrons. The fourth-order valence-electron chi connectivity index (χ4n) is 3.26. The molecule has 1 unspecified atom stereocenters. The molecule has 1 fully saturated rings. The monoisotopic (exact) mass is 251 g/mol. The predicted octanol–water partition coefficient (Wildman–Crippen LogP) is 1.19. The summed E-state index contributed by atoms with van der Waals surface area (Å²) in [6.07, 6.45) is 8.18. The Labute approximate surface area is 109 Å². The Morgan fingerprint density at radius 3 is 2.50 bits per heavy atom. The van der Waals surface area contributed by atoms with Gasteiger partial charge in [-0.05, 0) is 33.0 Å². The molecule has 2 rings (SSSR count). The molecular weight excluding hydrogens is 226 g/mol. The van der Waals surface area contributed by atoms with Crippen molar-refractivity contribution in [3.8, 4) is 0 Å². The number of hydrogen-bond acceptors (Lipinski definition) is 4. The van der Waals surface area contributed by atoms with Gasteiger partial charge in [0, 0.05) is 18.8 Å². The van der Waals surface area contributed by atoms with E-state index >= 15 is 0 Å². The normalized spacial score (nSPS) is 21.2. The van der Waals surface area contributed by atoms with Gasteiger partial charge in [-0.2, -0.15) is 5.10 Å². The van der Waals surface area contributed by atoms with E-state index in [0.717, 1.165) is 5.69 Å². The number of nitrogens with two attached hydrogens (primary N) is 1. The minimum atomic E-state index is 0.0847. The summed E-state index contributed by atoms with van der Waals surface area (Å²) >= 11 is 0. The SMILES string of the molecule is CN(C)C1(C(NN)c2ccn(C)n2)CCCCC1. The summed E-state index contributed by atoms with van der Waals surface area (Å²) in [5, 5.41) is 4.53. The van der Waals surface area contributed by atoms with Crippen LogP contribution in [-0.4, -0.2) is 34.3 Å². The molecule has 1 saturated carbocycles. The van der Waals surface area contributed by atoms with Gasteiger partial charge in [0.1, 0.15) is 0 Å². The molecule has 3 N–H and O–H groups in total. The van der Waals surface area contributed by atoms with Gasteiger partial charge in [-0.15, -0.1) is 0 Å². The fraction of sp³-hybridized carbons (Fsp3) is 0.769. The summed E-state index contributed by atoms with van der Waals surface area (Å²) in [6.45, 7) is 0. The van der Waals surface area contributed by atoms with Crippen LogP contribution in [0.3, 0.4) is 0 Å². The molecule has 1 aliphatic rings. The predicted molar refractivity (Wildman–Crippen MR) is 72.8 cm³/mol. The second kappa shape index (κ2) is 5.38. The number of nitrogens with one attached hydrogen (secondary N) is 1. The number of hydrazine groups is 1. The number of likely N-dealkylation sites (N-methyl/N-ethyl adjacent to an activating group) is 1. The van der Waals surface area contributed by atoms with E-state index in [1.54, 1.807) is 0 Å². The molecule has 1 aliphatic carbocycles. The van der Waals surface area contributed by atoms with E-state index in [2.05, 4.69) is 35.6 Å². The fourth-order valence-corrected chi connectivity index (χ4v) is 3.26. The Morgan fingerprint density at radius 2 is 2.06 bits per heavy atom. The first kappa shape index (κ1) is 13.5. The van der Waals surface area contributed by atoms with E-state index in [9.17, 15) is 0 Å². The smallest absolute Gasteiger partial charge is 0.0833 e. The van der Waals surface area contributed by atoms with E-state index in [0.29, 0.717) is 0 Å².